The lowest BCUT2D eigenvalue weighted by Gasteiger charge is -2.11. The van der Waals surface area contributed by atoms with Crippen molar-refractivity contribution in [3.63, 3.8) is 0 Å². The molecular weight excluding hydrogens is 464 g/mol. The smallest absolute Gasteiger partial charge is 0.256 e. The summed E-state index contributed by atoms with van der Waals surface area (Å²) in [6.45, 7) is 1.17. The van der Waals surface area contributed by atoms with E-state index in [1.807, 2.05) is 18.2 Å². The van der Waals surface area contributed by atoms with E-state index in [4.69, 9.17) is 18.6 Å². The van der Waals surface area contributed by atoms with Crippen LogP contribution in [0.5, 0.6) is 11.5 Å². The molecule has 0 spiro atoms. The van der Waals surface area contributed by atoms with Crippen molar-refractivity contribution in [2.24, 2.45) is 4.99 Å². The molecule has 0 bridgehead atoms. The fraction of sp³-hybridized carbons (Fsp3) is 0.304. The fourth-order valence-electron chi connectivity index (χ4n) is 3.45. The van der Waals surface area contributed by atoms with Crippen molar-refractivity contribution in [1.82, 2.24) is 5.32 Å². The standard InChI is InChI=1S/C23H23BrN2O5/c1-28-16-6-8-21(29-2)19(12-16)26-23-18(22(27)25-13-17-4-3-9-30-17)11-14-10-15(24)5-7-20(14)31-23/h5-8,10-12,17H,3-4,9,13H2,1-2H3,(H,25,27). The molecule has 1 atom stereocenters. The molecule has 0 saturated carbocycles. The lowest BCUT2D eigenvalue weighted by Crippen LogP contribution is -2.34. The zero-order valence-corrected chi connectivity index (χ0v) is 18.9. The quantitative estimate of drug-likeness (QED) is 0.559. The van der Waals surface area contributed by atoms with Crippen LogP contribution < -0.4 is 20.3 Å². The lowest BCUT2D eigenvalue weighted by atomic mass is 10.1. The average Bonchev–Trinajstić information content (AvgIpc) is 3.31. The number of nitrogens with one attached hydrogen (secondary N) is 1. The van der Waals surface area contributed by atoms with Gasteiger partial charge in [0.1, 0.15) is 28.3 Å². The first-order chi connectivity index (χ1) is 15.1. The summed E-state index contributed by atoms with van der Waals surface area (Å²) in [6.07, 6.45) is 1.98. The molecule has 0 radical (unpaired) electrons. The van der Waals surface area contributed by atoms with Gasteiger partial charge >= 0.3 is 0 Å². The van der Waals surface area contributed by atoms with Crippen LogP contribution in [0.4, 0.5) is 5.69 Å². The van der Waals surface area contributed by atoms with Gasteiger partial charge in [-0.1, -0.05) is 15.9 Å². The van der Waals surface area contributed by atoms with E-state index in [0.717, 1.165) is 29.3 Å². The van der Waals surface area contributed by atoms with Crippen LogP contribution >= 0.6 is 15.9 Å². The Kier molecular flexibility index (Phi) is 6.58. The zero-order valence-electron chi connectivity index (χ0n) is 17.3. The molecule has 3 aromatic rings. The molecule has 1 unspecified atom stereocenters. The lowest BCUT2D eigenvalue weighted by molar-refractivity contribution is 0.0854. The van der Waals surface area contributed by atoms with Crippen molar-refractivity contribution in [2.45, 2.75) is 18.9 Å². The number of carbonyl (C=O) groups excluding carboxylic acids is 1. The van der Waals surface area contributed by atoms with Gasteiger partial charge in [-0.2, -0.15) is 0 Å². The van der Waals surface area contributed by atoms with Gasteiger partial charge in [0.15, 0.2) is 0 Å². The topological polar surface area (TPSA) is 82.3 Å². The number of methoxy groups -OCH3 is 2. The van der Waals surface area contributed by atoms with E-state index in [-0.39, 0.29) is 17.6 Å². The van der Waals surface area contributed by atoms with Gasteiger partial charge in [-0.05, 0) is 49.2 Å². The summed E-state index contributed by atoms with van der Waals surface area (Å²) in [6, 6.07) is 12.6. The minimum Gasteiger partial charge on any atom is -0.497 e. The van der Waals surface area contributed by atoms with Crippen LogP contribution in [0.25, 0.3) is 11.0 Å². The fourth-order valence-corrected chi connectivity index (χ4v) is 3.83. The van der Waals surface area contributed by atoms with Crippen LogP contribution in [0.3, 0.4) is 0 Å². The minimum absolute atomic E-state index is 0.0364. The Hall–Kier alpha value is -2.84. The van der Waals surface area contributed by atoms with E-state index < -0.39 is 0 Å². The number of hydrogen-bond donors (Lipinski definition) is 1. The van der Waals surface area contributed by atoms with Gasteiger partial charge < -0.3 is 23.9 Å². The Labute approximate surface area is 188 Å². The first kappa shape index (κ1) is 21.4. The first-order valence-corrected chi connectivity index (χ1v) is 10.8. The van der Waals surface area contributed by atoms with Gasteiger partial charge in [-0.3, -0.25) is 4.79 Å². The van der Waals surface area contributed by atoms with Gasteiger partial charge in [0, 0.05) is 29.1 Å². The second-order valence-electron chi connectivity index (χ2n) is 7.14. The molecule has 2 heterocycles. The van der Waals surface area contributed by atoms with Crippen LogP contribution in [0.1, 0.15) is 23.2 Å². The highest BCUT2D eigenvalue weighted by atomic mass is 79.9. The van der Waals surface area contributed by atoms with Crippen LogP contribution in [-0.2, 0) is 4.74 Å². The molecule has 1 saturated heterocycles. The summed E-state index contributed by atoms with van der Waals surface area (Å²) in [5.74, 6) is 0.882. The molecule has 1 aliphatic heterocycles. The number of nitrogens with zero attached hydrogens (tertiary/aromatic N) is 1. The highest BCUT2D eigenvalue weighted by Gasteiger charge is 2.19. The van der Waals surface area contributed by atoms with E-state index in [2.05, 4.69) is 26.2 Å². The van der Waals surface area contributed by atoms with E-state index in [1.54, 1.807) is 38.5 Å². The van der Waals surface area contributed by atoms with E-state index >= 15 is 0 Å². The van der Waals surface area contributed by atoms with Gasteiger partial charge in [0.25, 0.3) is 5.91 Å². The third-order valence-electron chi connectivity index (χ3n) is 5.08. The molecule has 1 N–H and O–H groups in total. The number of ether oxygens (including phenoxy) is 3. The second kappa shape index (κ2) is 9.53. The van der Waals surface area contributed by atoms with Gasteiger partial charge in [-0.25, -0.2) is 4.99 Å². The molecule has 1 amide bonds. The number of amides is 1. The van der Waals surface area contributed by atoms with Gasteiger partial charge in [-0.15, -0.1) is 0 Å². The van der Waals surface area contributed by atoms with Crippen LogP contribution in [0.2, 0.25) is 0 Å². The van der Waals surface area contributed by atoms with E-state index in [0.29, 0.717) is 34.9 Å². The Morgan fingerprint density at radius 3 is 2.81 bits per heavy atom. The summed E-state index contributed by atoms with van der Waals surface area (Å²) in [4.78, 5) is 17.7. The van der Waals surface area contributed by atoms with Gasteiger partial charge in [0.2, 0.25) is 5.55 Å². The van der Waals surface area contributed by atoms with Crippen molar-refractivity contribution >= 4 is 38.5 Å². The molecule has 1 aromatic heterocycles. The van der Waals surface area contributed by atoms with Crippen molar-refractivity contribution in [3.8, 4) is 11.5 Å². The molecule has 0 aliphatic carbocycles. The zero-order chi connectivity index (χ0) is 21.8. The minimum atomic E-state index is -0.276. The summed E-state index contributed by atoms with van der Waals surface area (Å²) < 4.78 is 23.3. The molecule has 2 aromatic carbocycles. The molecule has 4 rings (SSSR count). The third kappa shape index (κ3) is 4.91. The summed E-state index contributed by atoms with van der Waals surface area (Å²) in [5.41, 5.74) is 1.62. The molecular formula is C23H23BrN2O5. The van der Waals surface area contributed by atoms with Gasteiger partial charge in [0.05, 0.1) is 20.3 Å². The van der Waals surface area contributed by atoms with Crippen LogP contribution in [0.15, 0.2) is 56.3 Å². The third-order valence-corrected chi connectivity index (χ3v) is 5.57. The summed E-state index contributed by atoms with van der Waals surface area (Å²) >= 11 is 3.46. The van der Waals surface area contributed by atoms with Crippen molar-refractivity contribution in [2.75, 3.05) is 27.4 Å². The molecule has 31 heavy (non-hydrogen) atoms. The number of hydrogen-bond acceptors (Lipinski definition) is 6. The first-order valence-electron chi connectivity index (χ1n) is 9.97. The van der Waals surface area contributed by atoms with Crippen LogP contribution in [-0.4, -0.2) is 39.4 Å². The monoisotopic (exact) mass is 486 g/mol. The largest absolute Gasteiger partial charge is 0.497 e. The second-order valence-corrected chi connectivity index (χ2v) is 8.06. The Morgan fingerprint density at radius 1 is 1.19 bits per heavy atom. The SMILES string of the molecule is COc1ccc(OC)c(N=c2oc3ccc(Br)cc3cc2C(=O)NCC2CCCO2)c1. The highest BCUT2D eigenvalue weighted by molar-refractivity contribution is 9.10. The maximum absolute atomic E-state index is 13.1. The Bertz CT molecular complexity index is 1170. The molecule has 1 fully saturated rings. The Balaban J connectivity index is 1.80. The Morgan fingerprint density at radius 2 is 2.06 bits per heavy atom. The maximum Gasteiger partial charge on any atom is 0.256 e. The summed E-state index contributed by atoms with van der Waals surface area (Å²) in [7, 11) is 3.14. The van der Waals surface area contributed by atoms with Crippen LogP contribution in [0, 0.1) is 0 Å². The average molecular weight is 487 g/mol. The number of rotatable bonds is 6. The van der Waals surface area contributed by atoms with E-state index in [1.165, 1.54) is 0 Å². The van der Waals surface area contributed by atoms with Crippen molar-refractivity contribution in [1.29, 1.82) is 0 Å². The number of fused-ring (bicyclic) bond motifs is 1. The summed E-state index contributed by atoms with van der Waals surface area (Å²) in [5, 5.41) is 3.73. The molecule has 8 heteroatoms. The molecule has 7 nitrogen and oxygen atoms in total. The maximum atomic E-state index is 13.1. The van der Waals surface area contributed by atoms with E-state index in [9.17, 15) is 4.79 Å². The number of benzene rings is 2. The number of carbonyl (C=O) groups is 1. The molecule has 1 aliphatic rings. The predicted octanol–water partition coefficient (Wildman–Crippen LogP) is 4.35. The molecule has 162 valence electrons. The highest BCUT2D eigenvalue weighted by Crippen LogP contribution is 2.31. The predicted molar refractivity (Wildman–Crippen MR) is 120 cm³/mol. The van der Waals surface area contributed by atoms with Crippen molar-refractivity contribution in [3.05, 3.63) is 58.1 Å². The normalized spacial score (nSPS) is 16.5. The van der Waals surface area contributed by atoms with Crippen molar-refractivity contribution < 1.29 is 23.4 Å². The number of halogens is 1.